The number of thioether (sulfide) groups is 1. The quantitative estimate of drug-likeness (QED) is 0.716. The van der Waals surface area contributed by atoms with Crippen LogP contribution in [-0.4, -0.2) is 16.6 Å². The van der Waals surface area contributed by atoms with E-state index in [4.69, 9.17) is 11.5 Å². The number of primary amides is 1. The zero-order valence-electron chi connectivity index (χ0n) is 6.53. The van der Waals surface area contributed by atoms with Crippen LogP contribution in [-0.2, 0) is 0 Å². The van der Waals surface area contributed by atoms with Crippen molar-refractivity contribution in [3.05, 3.63) is 4.88 Å². The second kappa shape index (κ2) is 3.77. The highest BCUT2D eigenvalue weighted by Gasteiger charge is 2.12. The predicted molar refractivity (Wildman–Crippen MR) is 51.4 cm³/mol. The number of nitrogen functional groups attached to an aromatic ring is 1. The van der Waals surface area contributed by atoms with Crippen molar-refractivity contribution in [1.29, 1.82) is 0 Å². The van der Waals surface area contributed by atoms with E-state index in [1.54, 1.807) is 11.8 Å². The van der Waals surface area contributed by atoms with Crippen LogP contribution in [0.15, 0.2) is 4.34 Å². The van der Waals surface area contributed by atoms with Crippen LogP contribution in [0.2, 0.25) is 0 Å². The van der Waals surface area contributed by atoms with Crippen molar-refractivity contribution in [3.63, 3.8) is 0 Å². The van der Waals surface area contributed by atoms with E-state index in [2.05, 4.69) is 4.98 Å². The molecule has 0 saturated carbocycles. The monoisotopic (exact) mass is 203 g/mol. The predicted octanol–water partition coefficient (Wildman–Crippen LogP) is 0.936. The Hall–Kier alpha value is -0.750. The Morgan fingerprint density at radius 1 is 1.75 bits per heavy atom. The lowest BCUT2D eigenvalue weighted by Gasteiger charge is -1.86. The molecule has 0 aliphatic heterocycles. The zero-order chi connectivity index (χ0) is 9.14. The minimum atomic E-state index is -0.507. The molecule has 4 N–H and O–H groups in total. The van der Waals surface area contributed by atoms with Crippen LogP contribution < -0.4 is 11.5 Å². The lowest BCUT2D eigenvalue weighted by Crippen LogP contribution is -2.10. The van der Waals surface area contributed by atoms with Gasteiger partial charge in [-0.15, -0.1) is 11.3 Å². The second-order valence-corrected chi connectivity index (χ2v) is 4.50. The first-order chi connectivity index (χ1) is 5.65. The number of nitrogens with zero attached hydrogens (tertiary/aromatic N) is 1. The summed E-state index contributed by atoms with van der Waals surface area (Å²) >= 11 is 2.79. The summed E-state index contributed by atoms with van der Waals surface area (Å²) in [5, 5.41) is 0. The smallest absolute Gasteiger partial charge is 0.262 e. The summed E-state index contributed by atoms with van der Waals surface area (Å²) in [7, 11) is 0. The van der Waals surface area contributed by atoms with Crippen molar-refractivity contribution in [1.82, 2.24) is 4.98 Å². The van der Waals surface area contributed by atoms with Gasteiger partial charge in [-0.05, 0) is 5.75 Å². The van der Waals surface area contributed by atoms with E-state index in [0.29, 0.717) is 4.88 Å². The number of aromatic nitrogens is 1. The van der Waals surface area contributed by atoms with Gasteiger partial charge in [0.15, 0.2) is 4.34 Å². The summed E-state index contributed by atoms with van der Waals surface area (Å²) in [5.74, 6) is 0.641. The minimum absolute atomic E-state index is 0.239. The fourth-order valence-corrected chi connectivity index (χ4v) is 2.49. The molecule has 0 bridgehead atoms. The molecule has 1 rings (SSSR count). The summed E-state index contributed by atoms with van der Waals surface area (Å²) in [6.45, 7) is 2.01. The zero-order valence-corrected chi connectivity index (χ0v) is 8.17. The Bertz CT molecular complexity index is 297. The number of thiazole rings is 1. The Labute approximate surface area is 78.4 Å². The Morgan fingerprint density at radius 2 is 2.42 bits per heavy atom. The fraction of sp³-hybridized carbons (Fsp3) is 0.333. The normalized spacial score (nSPS) is 10.1. The van der Waals surface area contributed by atoms with Crippen molar-refractivity contribution >= 4 is 34.8 Å². The van der Waals surface area contributed by atoms with Crippen molar-refractivity contribution in [2.75, 3.05) is 11.5 Å². The summed E-state index contributed by atoms with van der Waals surface area (Å²) in [6.07, 6.45) is 0. The number of hydrogen-bond donors (Lipinski definition) is 2. The van der Waals surface area contributed by atoms with Crippen LogP contribution in [0.4, 0.5) is 5.82 Å². The molecule has 0 aliphatic carbocycles. The molecule has 0 radical (unpaired) electrons. The highest BCUT2D eigenvalue weighted by molar-refractivity contribution is 8.01. The van der Waals surface area contributed by atoms with Crippen LogP contribution >= 0.6 is 23.1 Å². The number of nitrogens with two attached hydrogens (primary N) is 2. The lowest BCUT2D eigenvalue weighted by atomic mass is 10.5. The molecule has 6 heteroatoms. The van der Waals surface area contributed by atoms with Crippen molar-refractivity contribution in [3.8, 4) is 0 Å². The Balaban J connectivity index is 2.92. The number of amides is 1. The average molecular weight is 203 g/mol. The van der Waals surface area contributed by atoms with Gasteiger partial charge in [-0.1, -0.05) is 18.7 Å². The van der Waals surface area contributed by atoms with Crippen LogP contribution in [0.1, 0.15) is 16.6 Å². The maximum atomic E-state index is 10.7. The molecular weight excluding hydrogens is 194 g/mol. The average Bonchev–Trinajstić information content (AvgIpc) is 2.32. The standard InChI is InChI=1S/C6H9N3OS2/c1-2-11-6-9-4(7)3(12-6)5(8)10/h2,7H2,1H3,(H2,8,10). The number of hydrogen-bond acceptors (Lipinski definition) is 5. The molecule has 1 heterocycles. The first-order valence-electron chi connectivity index (χ1n) is 3.34. The third-order valence-electron chi connectivity index (χ3n) is 1.13. The summed E-state index contributed by atoms with van der Waals surface area (Å²) in [5.41, 5.74) is 10.5. The highest BCUT2D eigenvalue weighted by Crippen LogP contribution is 2.27. The molecule has 1 aromatic rings. The van der Waals surface area contributed by atoms with Crippen molar-refractivity contribution in [2.24, 2.45) is 5.73 Å². The van der Waals surface area contributed by atoms with Gasteiger partial charge in [-0.3, -0.25) is 4.79 Å². The first-order valence-corrected chi connectivity index (χ1v) is 5.14. The van der Waals surface area contributed by atoms with E-state index in [-0.39, 0.29) is 5.82 Å². The van der Waals surface area contributed by atoms with Gasteiger partial charge in [0.2, 0.25) is 0 Å². The van der Waals surface area contributed by atoms with Crippen LogP contribution in [0.3, 0.4) is 0 Å². The van der Waals surface area contributed by atoms with Crippen LogP contribution in [0.5, 0.6) is 0 Å². The van der Waals surface area contributed by atoms with E-state index in [9.17, 15) is 4.79 Å². The number of carbonyl (C=O) groups is 1. The van der Waals surface area contributed by atoms with E-state index >= 15 is 0 Å². The van der Waals surface area contributed by atoms with Gasteiger partial charge in [-0.25, -0.2) is 4.98 Å². The second-order valence-electron chi connectivity index (χ2n) is 1.99. The molecular formula is C6H9N3OS2. The van der Waals surface area contributed by atoms with E-state index < -0.39 is 5.91 Å². The van der Waals surface area contributed by atoms with Crippen LogP contribution in [0.25, 0.3) is 0 Å². The number of anilines is 1. The van der Waals surface area contributed by atoms with Gasteiger partial charge in [0.25, 0.3) is 5.91 Å². The Kier molecular flexibility index (Phi) is 2.93. The summed E-state index contributed by atoms with van der Waals surface area (Å²) in [4.78, 5) is 15.1. The van der Waals surface area contributed by atoms with Gasteiger partial charge in [0.05, 0.1) is 0 Å². The van der Waals surface area contributed by atoms with E-state index in [1.807, 2.05) is 6.92 Å². The first kappa shape index (κ1) is 9.34. The van der Waals surface area contributed by atoms with Crippen molar-refractivity contribution < 1.29 is 4.79 Å². The molecule has 0 aliphatic rings. The third-order valence-corrected chi connectivity index (χ3v) is 3.24. The maximum absolute atomic E-state index is 10.7. The van der Waals surface area contributed by atoms with Gasteiger partial charge < -0.3 is 11.5 Å². The topological polar surface area (TPSA) is 82.0 Å². The largest absolute Gasteiger partial charge is 0.382 e. The SMILES string of the molecule is CCSc1nc(N)c(C(N)=O)s1. The molecule has 1 aromatic heterocycles. The minimum Gasteiger partial charge on any atom is -0.382 e. The summed E-state index contributed by atoms with van der Waals surface area (Å²) in [6, 6.07) is 0. The molecule has 0 fully saturated rings. The molecule has 66 valence electrons. The Morgan fingerprint density at radius 3 is 2.83 bits per heavy atom. The molecule has 0 atom stereocenters. The van der Waals surface area contributed by atoms with Gasteiger partial charge in [0.1, 0.15) is 10.7 Å². The van der Waals surface area contributed by atoms with E-state index in [1.165, 1.54) is 11.3 Å². The molecule has 0 saturated heterocycles. The summed E-state index contributed by atoms with van der Waals surface area (Å²) < 4.78 is 0.795. The van der Waals surface area contributed by atoms with Gasteiger partial charge in [-0.2, -0.15) is 0 Å². The number of carbonyl (C=O) groups excluding carboxylic acids is 1. The molecule has 1 amide bonds. The van der Waals surface area contributed by atoms with E-state index in [0.717, 1.165) is 10.1 Å². The number of rotatable bonds is 3. The van der Waals surface area contributed by atoms with Crippen LogP contribution in [0, 0.1) is 0 Å². The van der Waals surface area contributed by atoms with Crippen molar-refractivity contribution in [2.45, 2.75) is 11.3 Å². The fourth-order valence-electron chi connectivity index (χ4n) is 0.673. The molecule has 0 spiro atoms. The third kappa shape index (κ3) is 1.89. The lowest BCUT2D eigenvalue weighted by molar-refractivity contribution is 0.100. The van der Waals surface area contributed by atoms with Gasteiger partial charge >= 0.3 is 0 Å². The highest BCUT2D eigenvalue weighted by atomic mass is 32.2. The molecule has 0 unspecified atom stereocenters. The molecule has 12 heavy (non-hydrogen) atoms. The van der Waals surface area contributed by atoms with Gasteiger partial charge in [0, 0.05) is 0 Å². The molecule has 4 nitrogen and oxygen atoms in total. The maximum Gasteiger partial charge on any atom is 0.262 e. The molecule has 0 aromatic carbocycles.